The molecule has 3 aromatic rings. The third kappa shape index (κ3) is 5.08. The van der Waals surface area contributed by atoms with E-state index in [9.17, 15) is 14.4 Å². The Kier molecular flexibility index (Phi) is 6.39. The Hall–Kier alpha value is -3.91. The van der Waals surface area contributed by atoms with E-state index >= 15 is 0 Å². The Morgan fingerprint density at radius 2 is 1.76 bits per heavy atom. The normalized spacial score (nSPS) is 10.9. The third-order valence-corrected chi connectivity index (χ3v) is 4.21. The molecule has 0 atom stereocenters. The molecule has 0 saturated carbocycles. The van der Waals surface area contributed by atoms with Gasteiger partial charge in [0.25, 0.3) is 0 Å². The van der Waals surface area contributed by atoms with Crippen LogP contribution in [0.4, 0.5) is 4.39 Å². The molecular weight excluding hydrogens is 369 g/mol. The van der Waals surface area contributed by atoms with Crippen LogP contribution in [0.2, 0.25) is 0 Å². The summed E-state index contributed by atoms with van der Waals surface area (Å²) in [6.45, 7) is 0.388. The monoisotopic (exact) mass is 387 g/mol. The zero-order chi connectivity index (χ0) is 20.6. The number of carbonyl (C=O) groups excluding carboxylic acids is 1. The van der Waals surface area contributed by atoms with Gasteiger partial charge in [0.15, 0.2) is 11.5 Å². The van der Waals surface area contributed by atoms with Gasteiger partial charge < -0.3 is 9.47 Å². The van der Waals surface area contributed by atoms with Crippen molar-refractivity contribution in [3.63, 3.8) is 0 Å². The van der Waals surface area contributed by atoms with E-state index in [1.165, 1.54) is 37.5 Å². The van der Waals surface area contributed by atoms with Crippen molar-refractivity contribution in [2.75, 3.05) is 7.11 Å². The molecule has 0 bridgehead atoms. The highest BCUT2D eigenvalue weighted by Gasteiger charge is 2.13. The summed E-state index contributed by atoms with van der Waals surface area (Å²) in [7, 11) is 1.52. The number of nitrogens with zero attached hydrogens (tertiary/aromatic N) is 1. The Balaban J connectivity index is 1.81. The first kappa shape index (κ1) is 19.8. The summed E-state index contributed by atoms with van der Waals surface area (Å²) in [5.41, 5.74) is 1.82. The lowest BCUT2D eigenvalue weighted by atomic mass is 10.0. The van der Waals surface area contributed by atoms with Crippen LogP contribution in [0.3, 0.4) is 0 Å². The van der Waals surface area contributed by atoms with Gasteiger partial charge in [0.2, 0.25) is 5.78 Å². The molecule has 0 fully saturated rings. The van der Waals surface area contributed by atoms with Crippen LogP contribution in [0.1, 0.15) is 21.5 Å². The summed E-state index contributed by atoms with van der Waals surface area (Å²) < 4.78 is 24.3. The smallest absolute Gasteiger partial charge is 0.203 e. The second kappa shape index (κ2) is 9.34. The molecule has 0 radical (unpaired) electrons. The summed E-state index contributed by atoms with van der Waals surface area (Å²) in [6, 6.07) is 21.9. The molecule has 0 aliphatic carbocycles. The van der Waals surface area contributed by atoms with Crippen LogP contribution >= 0.6 is 0 Å². The van der Waals surface area contributed by atoms with E-state index in [2.05, 4.69) is 0 Å². The Bertz CT molecular complexity index is 1070. The van der Waals surface area contributed by atoms with Crippen molar-refractivity contribution in [3.8, 4) is 17.6 Å². The highest BCUT2D eigenvalue weighted by Crippen LogP contribution is 2.30. The van der Waals surface area contributed by atoms with Crippen LogP contribution in [0.25, 0.3) is 6.08 Å². The Morgan fingerprint density at radius 3 is 2.41 bits per heavy atom. The van der Waals surface area contributed by atoms with Crippen molar-refractivity contribution in [3.05, 3.63) is 101 Å². The molecule has 0 spiro atoms. The molecule has 3 rings (SSSR count). The maximum absolute atomic E-state index is 13.1. The number of hydrogen-bond donors (Lipinski definition) is 0. The molecule has 0 aromatic heterocycles. The standard InChI is InChI=1S/C24H18FNO3/c1-28-23-14-18(7-12-22(23)29-16-17-5-3-2-4-6-17)13-20(15-26)24(27)19-8-10-21(25)11-9-19/h2-14H,16H2,1H3/b20-13+. The predicted molar refractivity (Wildman–Crippen MR) is 108 cm³/mol. The molecule has 3 aromatic carbocycles. The SMILES string of the molecule is COc1cc(/C=C(\C#N)C(=O)c2ccc(F)cc2)ccc1OCc1ccccc1. The first-order valence-electron chi connectivity index (χ1n) is 8.87. The molecule has 144 valence electrons. The van der Waals surface area contributed by atoms with E-state index in [4.69, 9.17) is 9.47 Å². The topological polar surface area (TPSA) is 59.3 Å². The zero-order valence-corrected chi connectivity index (χ0v) is 15.8. The lowest BCUT2D eigenvalue weighted by Gasteiger charge is -2.11. The third-order valence-electron chi connectivity index (χ3n) is 4.21. The number of nitriles is 1. The molecule has 0 amide bonds. The number of methoxy groups -OCH3 is 1. The van der Waals surface area contributed by atoms with Gasteiger partial charge in [-0.05, 0) is 53.6 Å². The number of rotatable bonds is 7. The number of ether oxygens (including phenoxy) is 2. The minimum Gasteiger partial charge on any atom is -0.493 e. The van der Waals surface area contributed by atoms with Crippen LogP contribution in [0, 0.1) is 17.1 Å². The van der Waals surface area contributed by atoms with Gasteiger partial charge in [-0.25, -0.2) is 4.39 Å². The van der Waals surface area contributed by atoms with Gasteiger partial charge in [0.1, 0.15) is 24.1 Å². The Labute approximate surface area is 168 Å². The first-order chi connectivity index (χ1) is 14.1. The van der Waals surface area contributed by atoms with Crippen LogP contribution in [-0.4, -0.2) is 12.9 Å². The van der Waals surface area contributed by atoms with Gasteiger partial charge in [-0.15, -0.1) is 0 Å². The number of halogens is 1. The number of benzene rings is 3. The highest BCUT2D eigenvalue weighted by atomic mass is 19.1. The fraction of sp³-hybridized carbons (Fsp3) is 0.0833. The number of allylic oxidation sites excluding steroid dienone is 1. The van der Waals surface area contributed by atoms with Crippen molar-refractivity contribution in [1.82, 2.24) is 0 Å². The molecule has 0 heterocycles. The van der Waals surface area contributed by atoms with Crippen molar-refractivity contribution >= 4 is 11.9 Å². The lowest BCUT2D eigenvalue weighted by Crippen LogP contribution is -2.02. The molecule has 0 N–H and O–H groups in total. The molecule has 0 saturated heterocycles. The van der Waals surface area contributed by atoms with E-state index in [0.29, 0.717) is 23.7 Å². The summed E-state index contributed by atoms with van der Waals surface area (Å²) in [5.74, 6) is 0.119. The number of Topliss-reactive ketones (excluding diaryl/α,β-unsaturated/α-hetero) is 1. The molecule has 4 nitrogen and oxygen atoms in total. The van der Waals surface area contributed by atoms with Crippen molar-refractivity contribution in [2.24, 2.45) is 0 Å². The summed E-state index contributed by atoms with van der Waals surface area (Å²) in [4.78, 5) is 12.5. The largest absolute Gasteiger partial charge is 0.493 e. The second-order valence-electron chi connectivity index (χ2n) is 6.19. The molecule has 0 aliphatic heterocycles. The number of ketones is 1. The summed E-state index contributed by atoms with van der Waals surface area (Å²) in [5, 5.41) is 9.40. The van der Waals surface area contributed by atoms with Gasteiger partial charge in [-0.1, -0.05) is 36.4 Å². The highest BCUT2D eigenvalue weighted by molar-refractivity contribution is 6.14. The Morgan fingerprint density at radius 1 is 1.03 bits per heavy atom. The fourth-order valence-electron chi connectivity index (χ4n) is 2.70. The van der Waals surface area contributed by atoms with Crippen LogP contribution in [0.5, 0.6) is 11.5 Å². The van der Waals surface area contributed by atoms with E-state index in [0.717, 1.165) is 5.56 Å². The van der Waals surface area contributed by atoms with Gasteiger partial charge in [0.05, 0.1) is 7.11 Å². The second-order valence-corrected chi connectivity index (χ2v) is 6.19. The lowest BCUT2D eigenvalue weighted by molar-refractivity contribution is 0.104. The maximum Gasteiger partial charge on any atom is 0.203 e. The quantitative estimate of drug-likeness (QED) is 0.317. The molecule has 29 heavy (non-hydrogen) atoms. The van der Waals surface area contributed by atoms with E-state index in [-0.39, 0.29) is 11.1 Å². The summed E-state index contributed by atoms with van der Waals surface area (Å²) >= 11 is 0. The number of hydrogen-bond acceptors (Lipinski definition) is 4. The van der Waals surface area contributed by atoms with Crippen LogP contribution in [-0.2, 0) is 6.61 Å². The van der Waals surface area contributed by atoms with Gasteiger partial charge in [-0.3, -0.25) is 4.79 Å². The molecule has 0 unspecified atom stereocenters. The minimum absolute atomic E-state index is 0.0587. The number of carbonyl (C=O) groups is 1. The predicted octanol–water partition coefficient (Wildman–Crippen LogP) is 5.20. The van der Waals surface area contributed by atoms with Crippen molar-refractivity contribution < 1.29 is 18.7 Å². The fourth-order valence-corrected chi connectivity index (χ4v) is 2.70. The van der Waals surface area contributed by atoms with Crippen molar-refractivity contribution in [1.29, 1.82) is 5.26 Å². The van der Waals surface area contributed by atoms with Gasteiger partial charge >= 0.3 is 0 Å². The van der Waals surface area contributed by atoms with Crippen molar-refractivity contribution in [2.45, 2.75) is 6.61 Å². The molecular formula is C24H18FNO3. The zero-order valence-electron chi connectivity index (χ0n) is 15.8. The maximum atomic E-state index is 13.1. The van der Waals surface area contributed by atoms with Crippen LogP contribution < -0.4 is 9.47 Å². The average Bonchev–Trinajstić information content (AvgIpc) is 2.77. The van der Waals surface area contributed by atoms with Gasteiger partial charge in [-0.2, -0.15) is 5.26 Å². The minimum atomic E-state index is -0.476. The average molecular weight is 387 g/mol. The summed E-state index contributed by atoms with van der Waals surface area (Å²) in [6.07, 6.45) is 1.47. The van der Waals surface area contributed by atoms with Gasteiger partial charge in [0, 0.05) is 5.56 Å². The van der Waals surface area contributed by atoms with E-state index in [1.54, 1.807) is 18.2 Å². The van der Waals surface area contributed by atoms with Crippen LogP contribution in [0.15, 0.2) is 78.4 Å². The molecule has 5 heteroatoms. The van der Waals surface area contributed by atoms with E-state index < -0.39 is 11.6 Å². The first-order valence-corrected chi connectivity index (χ1v) is 8.87. The van der Waals surface area contributed by atoms with E-state index in [1.807, 2.05) is 36.4 Å². The molecule has 0 aliphatic rings.